The topological polar surface area (TPSA) is 92.8 Å². The van der Waals surface area contributed by atoms with Crippen LogP contribution in [-0.2, 0) is 31.7 Å². The van der Waals surface area contributed by atoms with Gasteiger partial charge in [0, 0.05) is 42.7 Å². The van der Waals surface area contributed by atoms with E-state index in [0.717, 1.165) is 33.5 Å². The Balaban J connectivity index is 1.20. The number of aromatic nitrogens is 7. The summed E-state index contributed by atoms with van der Waals surface area (Å²) >= 11 is 0. The molecule has 7 rings (SSSR count). The van der Waals surface area contributed by atoms with Gasteiger partial charge in [0.25, 0.3) is 0 Å². The summed E-state index contributed by atoms with van der Waals surface area (Å²) in [5.74, 6) is 2.73. The molecule has 4 aromatic carbocycles. The van der Waals surface area contributed by atoms with Crippen LogP contribution < -0.4 is 9.47 Å². The zero-order chi connectivity index (χ0) is 39.4. The molecule has 0 aliphatic rings. The molecule has 3 heterocycles. The number of rotatable bonds is 10. The fraction of sp³-hybridized carbons (Fsp3) is 0.295. The number of pyridine rings is 1. The number of fused-ring (bicyclic) bond motifs is 1. The molecule has 0 amide bonds. The highest BCUT2D eigenvalue weighted by atomic mass is 19.1. The van der Waals surface area contributed by atoms with Gasteiger partial charge in [0.15, 0.2) is 34.5 Å². The first-order valence-electron chi connectivity index (χ1n) is 18.2. The number of hydrogen-bond donors (Lipinski definition) is 0. The molecule has 282 valence electrons. The molecule has 9 nitrogen and oxygen atoms in total. The molecule has 7 aromatic rings. The van der Waals surface area contributed by atoms with Gasteiger partial charge in [-0.15, -0.1) is 20.4 Å². The molecule has 0 saturated carbocycles. The molecule has 0 radical (unpaired) electrons. The van der Waals surface area contributed by atoms with Gasteiger partial charge in [-0.05, 0) is 132 Å². The number of nitrogens with zero attached hydrogens (tertiary/aromatic N) is 7. The van der Waals surface area contributed by atoms with Crippen molar-refractivity contribution in [2.75, 3.05) is 0 Å². The summed E-state index contributed by atoms with van der Waals surface area (Å²) in [7, 11) is 3.72. The van der Waals surface area contributed by atoms with E-state index in [0.29, 0.717) is 56.9 Å². The van der Waals surface area contributed by atoms with Gasteiger partial charge in [-0.1, -0.05) is 30.3 Å². The Morgan fingerprint density at radius 3 is 1.85 bits per heavy atom. The minimum absolute atomic E-state index is 0.0856. The summed E-state index contributed by atoms with van der Waals surface area (Å²) < 4.78 is 47.5. The van der Waals surface area contributed by atoms with Crippen LogP contribution in [0.1, 0.15) is 73.0 Å². The lowest BCUT2D eigenvalue weighted by atomic mass is 9.95. The maximum absolute atomic E-state index is 15.9. The number of aryl methyl sites for hydroxylation is 4. The van der Waals surface area contributed by atoms with Crippen molar-refractivity contribution in [2.45, 2.75) is 73.0 Å². The smallest absolute Gasteiger partial charge is 0.176 e. The predicted octanol–water partition coefficient (Wildman–Crippen LogP) is 9.56. The third-order valence-corrected chi connectivity index (χ3v) is 10.2. The Morgan fingerprint density at radius 2 is 1.20 bits per heavy atom. The maximum atomic E-state index is 15.9. The van der Waals surface area contributed by atoms with Crippen LogP contribution >= 0.6 is 0 Å². The van der Waals surface area contributed by atoms with Crippen LogP contribution in [0.5, 0.6) is 11.5 Å². The van der Waals surface area contributed by atoms with Crippen LogP contribution in [0.2, 0.25) is 0 Å². The molecule has 55 heavy (non-hydrogen) atoms. The Kier molecular flexibility index (Phi) is 9.52. The first-order chi connectivity index (χ1) is 26.0. The van der Waals surface area contributed by atoms with E-state index in [2.05, 4.69) is 38.4 Å². The molecule has 0 aliphatic carbocycles. The fourth-order valence-corrected chi connectivity index (χ4v) is 7.34. The van der Waals surface area contributed by atoms with Crippen molar-refractivity contribution in [3.05, 3.63) is 136 Å². The van der Waals surface area contributed by atoms with Gasteiger partial charge >= 0.3 is 0 Å². The summed E-state index contributed by atoms with van der Waals surface area (Å²) in [5, 5.41) is 20.3. The van der Waals surface area contributed by atoms with Crippen LogP contribution in [0.15, 0.2) is 78.9 Å². The van der Waals surface area contributed by atoms with Crippen molar-refractivity contribution in [1.82, 2.24) is 34.5 Å². The van der Waals surface area contributed by atoms with Crippen molar-refractivity contribution in [1.29, 1.82) is 0 Å². The van der Waals surface area contributed by atoms with E-state index in [4.69, 9.17) is 9.47 Å². The van der Waals surface area contributed by atoms with E-state index in [1.54, 1.807) is 12.1 Å². The second-order valence-electron chi connectivity index (χ2n) is 15.2. The number of hydrogen-bond acceptors (Lipinski definition) is 7. The standard InChI is InChI=1S/C44H45F2N7O2/c1-25-15-19-38(34-14-12-11-13-32(25)34)55-44(7,8)42-51-49-40(53(42)10)35-24-30(36(46)21-26(35)2)22-29-23-31(45)17-18-33(29)39-48-50-41(52(39)9)43(5,6)54-37-20-16-27(3)47-28(37)4/h11-21,23-24H,22H2,1-10H3. The van der Waals surface area contributed by atoms with Gasteiger partial charge < -0.3 is 18.6 Å². The lowest BCUT2D eigenvalue weighted by Gasteiger charge is -2.26. The lowest BCUT2D eigenvalue weighted by molar-refractivity contribution is 0.0933. The summed E-state index contributed by atoms with van der Waals surface area (Å²) in [5.41, 5.74) is 4.00. The van der Waals surface area contributed by atoms with E-state index >= 15 is 4.39 Å². The van der Waals surface area contributed by atoms with Crippen LogP contribution in [0, 0.1) is 39.3 Å². The van der Waals surface area contributed by atoms with Gasteiger partial charge in [0.2, 0.25) is 0 Å². The van der Waals surface area contributed by atoms with E-state index in [1.165, 1.54) is 18.2 Å². The quantitative estimate of drug-likeness (QED) is 0.138. The SMILES string of the molecule is Cc1ccc(OC(C)(C)c2nnc(-c3ccc(F)cc3Cc3cc(-c4nnc(C(C)(C)Oc5ccc(C)c6ccccc56)n4C)c(C)cc3F)n2C)c(C)n1. The summed E-state index contributed by atoms with van der Waals surface area (Å²) in [6.45, 7) is 15.5. The van der Waals surface area contributed by atoms with Gasteiger partial charge in [-0.25, -0.2) is 8.78 Å². The van der Waals surface area contributed by atoms with Gasteiger partial charge in [-0.3, -0.25) is 4.98 Å². The molecule has 0 unspecified atom stereocenters. The Hall–Kier alpha value is -5.97. The maximum Gasteiger partial charge on any atom is 0.176 e. The highest BCUT2D eigenvalue weighted by Crippen LogP contribution is 2.37. The summed E-state index contributed by atoms with van der Waals surface area (Å²) in [6.07, 6.45) is 0.0856. The molecule has 11 heteroatoms. The monoisotopic (exact) mass is 741 g/mol. The van der Waals surface area contributed by atoms with E-state index in [-0.39, 0.29) is 6.42 Å². The molecule has 0 bridgehead atoms. The minimum atomic E-state index is -0.887. The van der Waals surface area contributed by atoms with Crippen molar-refractivity contribution < 1.29 is 18.3 Å². The molecule has 0 aliphatic heterocycles. The zero-order valence-corrected chi connectivity index (χ0v) is 32.9. The Morgan fingerprint density at radius 1 is 0.600 bits per heavy atom. The van der Waals surface area contributed by atoms with E-state index in [9.17, 15) is 4.39 Å². The van der Waals surface area contributed by atoms with Crippen molar-refractivity contribution >= 4 is 10.8 Å². The van der Waals surface area contributed by atoms with Crippen molar-refractivity contribution in [2.24, 2.45) is 14.1 Å². The third-order valence-electron chi connectivity index (χ3n) is 10.2. The van der Waals surface area contributed by atoms with Crippen LogP contribution in [0.25, 0.3) is 33.5 Å². The molecule has 0 fully saturated rings. The summed E-state index contributed by atoms with van der Waals surface area (Å²) in [6, 6.07) is 23.7. The van der Waals surface area contributed by atoms with Crippen molar-refractivity contribution in [3.8, 4) is 34.3 Å². The van der Waals surface area contributed by atoms with Gasteiger partial charge in [0.05, 0.1) is 5.69 Å². The molecular formula is C44H45F2N7O2. The predicted molar refractivity (Wildman–Crippen MR) is 210 cm³/mol. The Bertz CT molecular complexity index is 2590. The largest absolute Gasteiger partial charge is 0.479 e. The molecule has 0 spiro atoms. The minimum Gasteiger partial charge on any atom is -0.479 e. The highest BCUT2D eigenvalue weighted by molar-refractivity contribution is 5.91. The lowest BCUT2D eigenvalue weighted by Crippen LogP contribution is -2.29. The second-order valence-corrected chi connectivity index (χ2v) is 15.2. The molecule has 0 saturated heterocycles. The first-order valence-corrected chi connectivity index (χ1v) is 18.2. The fourth-order valence-electron chi connectivity index (χ4n) is 7.34. The highest BCUT2D eigenvalue weighted by Gasteiger charge is 2.33. The average Bonchev–Trinajstić information content (AvgIpc) is 3.71. The van der Waals surface area contributed by atoms with Gasteiger partial charge in [-0.2, -0.15) is 0 Å². The third kappa shape index (κ3) is 7.06. The number of benzene rings is 4. The summed E-state index contributed by atoms with van der Waals surface area (Å²) in [4.78, 5) is 4.52. The molecule has 3 aromatic heterocycles. The van der Waals surface area contributed by atoms with Crippen LogP contribution in [-0.4, -0.2) is 34.5 Å². The molecular weight excluding hydrogens is 697 g/mol. The first kappa shape index (κ1) is 37.3. The molecule has 0 N–H and O–H groups in total. The van der Waals surface area contributed by atoms with Crippen LogP contribution in [0.4, 0.5) is 8.78 Å². The number of ether oxygens (including phenoxy) is 2. The average molecular weight is 742 g/mol. The Labute approximate surface area is 320 Å². The normalized spacial score (nSPS) is 12.1. The number of halogens is 2. The molecule has 0 atom stereocenters. The van der Waals surface area contributed by atoms with Crippen LogP contribution in [0.3, 0.4) is 0 Å². The van der Waals surface area contributed by atoms with E-state index < -0.39 is 22.8 Å². The zero-order valence-electron chi connectivity index (χ0n) is 32.9. The second kappa shape index (κ2) is 14.0. The van der Waals surface area contributed by atoms with Crippen molar-refractivity contribution in [3.63, 3.8) is 0 Å². The van der Waals surface area contributed by atoms with Gasteiger partial charge in [0.1, 0.15) is 23.1 Å². The van der Waals surface area contributed by atoms with E-state index in [1.807, 2.05) is 114 Å².